The highest BCUT2D eigenvalue weighted by atomic mass is 32.1. The van der Waals surface area contributed by atoms with Crippen LogP contribution in [0.4, 0.5) is 0 Å². The minimum Gasteiger partial charge on any atom is -0.349 e. The highest BCUT2D eigenvalue weighted by Crippen LogP contribution is 2.29. The van der Waals surface area contributed by atoms with Crippen molar-refractivity contribution in [2.45, 2.75) is 46.7 Å². The van der Waals surface area contributed by atoms with Crippen LogP contribution in [0.3, 0.4) is 0 Å². The zero-order valence-corrected chi connectivity index (χ0v) is 16.0. The van der Waals surface area contributed by atoms with Crippen LogP contribution in [0.15, 0.2) is 6.07 Å². The fourth-order valence-corrected chi connectivity index (χ4v) is 3.32. The number of rotatable bonds is 6. The standard InChI is InChI=1S/C17H28N4OS/c1-11(2)9-21-16-13(12(3)19-21)8-14(23-16)15(22)18-10-17(4,5)20(6)7/h8,11H,9-10H2,1-7H3,(H,18,22). The van der Waals surface area contributed by atoms with Gasteiger partial charge in [-0.15, -0.1) is 11.3 Å². The second-order valence-electron chi connectivity index (χ2n) is 7.38. The molecule has 5 nitrogen and oxygen atoms in total. The van der Waals surface area contributed by atoms with Gasteiger partial charge in [-0.1, -0.05) is 13.8 Å². The summed E-state index contributed by atoms with van der Waals surface area (Å²) in [4.78, 5) is 16.4. The number of amides is 1. The predicted octanol–water partition coefficient (Wildman–Crippen LogP) is 3.13. The Labute approximate surface area is 142 Å². The van der Waals surface area contributed by atoms with E-state index in [0.717, 1.165) is 27.3 Å². The fraction of sp³-hybridized carbons (Fsp3) is 0.647. The summed E-state index contributed by atoms with van der Waals surface area (Å²) in [6.07, 6.45) is 0. The van der Waals surface area contributed by atoms with E-state index in [2.05, 4.69) is 43.0 Å². The lowest BCUT2D eigenvalue weighted by atomic mass is 10.0. The molecule has 0 aliphatic carbocycles. The van der Waals surface area contributed by atoms with Crippen LogP contribution in [0, 0.1) is 12.8 Å². The molecule has 0 saturated heterocycles. The molecule has 6 heteroatoms. The van der Waals surface area contributed by atoms with Gasteiger partial charge in [0.1, 0.15) is 4.83 Å². The molecule has 23 heavy (non-hydrogen) atoms. The van der Waals surface area contributed by atoms with Crippen LogP contribution in [0.1, 0.15) is 43.1 Å². The molecule has 1 N–H and O–H groups in total. The molecule has 0 spiro atoms. The van der Waals surface area contributed by atoms with Crippen LogP contribution >= 0.6 is 11.3 Å². The van der Waals surface area contributed by atoms with Gasteiger partial charge in [-0.25, -0.2) is 0 Å². The Kier molecular flexibility index (Phi) is 5.16. The van der Waals surface area contributed by atoms with Crippen molar-refractivity contribution in [2.24, 2.45) is 5.92 Å². The SMILES string of the molecule is Cc1nn(CC(C)C)c2sc(C(=O)NCC(C)(C)N(C)C)cc12. The molecule has 0 aliphatic heterocycles. The minimum absolute atomic E-state index is 0.00313. The molecule has 2 rings (SSSR count). The maximum atomic E-state index is 12.5. The Morgan fingerprint density at radius 2 is 2.09 bits per heavy atom. The Hall–Kier alpha value is -1.40. The van der Waals surface area contributed by atoms with E-state index >= 15 is 0 Å². The van der Waals surface area contributed by atoms with E-state index in [-0.39, 0.29) is 11.4 Å². The Balaban J connectivity index is 2.19. The molecule has 2 aromatic heterocycles. The van der Waals surface area contributed by atoms with Gasteiger partial charge >= 0.3 is 0 Å². The van der Waals surface area contributed by atoms with E-state index in [0.29, 0.717) is 12.5 Å². The van der Waals surface area contributed by atoms with Crippen molar-refractivity contribution in [1.82, 2.24) is 20.0 Å². The number of nitrogens with one attached hydrogen (secondary N) is 1. The maximum absolute atomic E-state index is 12.5. The van der Waals surface area contributed by atoms with Crippen LogP contribution in [0.25, 0.3) is 10.2 Å². The third-order valence-electron chi connectivity index (χ3n) is 4.26. The number of likely N-dealkylation sites (N-methyl/N-ethyl adjacent to an activating group) is 1. The molecule has 0 bridgehead atoms. The second kappa shape index (κ2) is 6.61. The number of fused-ring (bicyclic) bond motifs is 1. The fourth-order valence-electron chi connectivity index (χ4n) is 2.24. The lowest BCUT2D eigenvalue weighted by Crippen LogP contribution is -2.48. The normalized spacial score (nSPS) is 12.6. The lowest BCUT2D eigenvalue weighted by Gasteiger charge is -2.32. The van der Waals surface area contributed by atoms with Crippen molar-refractivity contribution in [3.63, 3.8) is 0 Å². The van der Waals surface area contributed by atoms with Crippen molar-refractivity contribution in [2.75, 3.05) is 20.6 Å². The van der Waals surface area contributed by atoms with Gasteiger partial charge in [-0.3, -0.25) is 9.48 Å². The van der Waals surface area contributed by atoms with Gasteiger partial charge in [-0.2, -0.15) is 5.10 Å². The molecule has 0 atom stereocenters. The molecular formula is C17H28N4OS. The summed E-state index contributed by atoms with van der Waals surface area (Å²) < 4.78 is 2.03. The zero-order valence-electron chi connectivity index (χ0n) is 15.2. The number of hydrogen-bond acceptors (Lipinski definition) is 4. The first kappa shape index (κ1) is 17.9. The number of nitrogens with zero attached hydrogens (tertiary/aromatic N) is 3. The van der Waals surface area contributed by atoms with E-state index in [4.69, 9.17) is 0 Å². The van der Waals surface area contributed by atoms with Gasteiger partial charge in [0, 0.05) is 24.0 Å². The quantitative estimate of drug-likeness (QED) is 0.882. The molecule has 0 aromatic carbocycles. The summed E-state index contributed by atoms with van der Waals surface area (Å²) in [5, 5.41) is 8.73. The average Bonchev–Trinajstić information content (AvgIpc) is 2.98. The van der Waals surface area contributed by atoms with Gasteiger partial charge < -0.3 is 10.2 Å². The van der Waals surface area contributed by atoms with E-state index < -0.39 is 0 Å². The highest BCUT2D eigenvalue weighted by Gasteiger charge is 2.23. The lowest BCUT2D eigenvalue weighted by molar-refractivity contribution is 0.0924. The summed E-state index contributed by atoms with van der Waals surface area (Å²) in [5.74, 6) is 0.523. The Morgan fingerprint density at radius 1 is 1.43 bits per heavy atom. The van der Waals surface area contributed by atoms with Gasteiger partial charge in [0.25, 0.3) is 5.91 Å². The summed E-state index contributed by atoms with van der Waals surface area (Å²) in [6, 6.07) is 1.97. The Bertz CT molecular complexity index is 697. The summed E-state index contributed by atoms with van der Waals surface area (Å²) in [7, 11) is 4.05. The summed E-state index contributed by atoms with van der Waals surface area (Å²) in [6.45, 7) is 12.1. The van der Waals surface area contributed by atoms with Crippen molar-refractivity contribution >= 4 is 27.5 Å². The molecule has 0 aliphatic rings. The number of carbonyl (C=O) groups is 1. The van der Waals surface area contributed by atoms with E-state index in [1.54, 1.807) is 0 Å². The summed E-state index contributed by atoms with van der Waals surface area (Å²) in [5.41, 5.74) is 0.918. The van der Waals surface area contributed by atoms with E-state index in [9.17, 15) is 4.79 Å². The van der Waals surface area contributed by atoms with Crippen molar-refractivity contribution in [3.8, 4) is 0 Å². The maximum Gasteiger partial charge on any atom is 0.261 e. The molecule has 2 heterocycles. The highest BCUT2D eigenvalue weighted by molar-refractivity contribution is 7.20. The third-order valence-corrected chi connectivity index (χ3v) is 5.41. The van der Waals surface area contributed by atoms with Gasteiger partial charge in [0.2, 0.25) is 0 Å². The molecule has 2 aromatic rings. The monoisotopic (exact) mass is 336 g/mol. The number of aromatic nitrogens is 2. The minimum atomic E-state index is -0.0727. The molecule has 0 fully saturated rings. The molecular weight excluding hydrogens is 308 g/mol. The first-order valence-electron chi connectivity index (χ1n) is 8.04. The Morgan fingerprint density at radius 3 is 2.65 bits per heavy atom. The van der Waals surface area contributed by atoms with E-state index in [1.807, 2.05) is 31.8 Å². The molecule has 0 unspecified atom stereocenters. The second-order valence-corrected chi connectivity index (χ2v) is 8.41. The van der Waals surface area contributed by atoms with Crippen LogP contribution in [0.2, 0.25) is 0 Å². The smallest absolute Gasteiger partial charge is 0.261 e. The first-order chi connectivity index (χ1) is 10.6. The summed E-state index contributed by atoms with van der Waals surface area (Å²) >= 11 is 1.53. The third kappa shape index (κ3) is 3.93. The zero-order chi connectivity index (χ0) is 17.4. The predicted molar refractivity (Wildman–Crippen MR) is 97.3 cm³/mol. The van der Waals surface area contributed by atoms with Gasteiger partial charge in [0.05, 0.1) is 10.6 Å². The van der Waals surface area contributed by atoms with Crippen LogP contribution in [-0.4, -0.2) is 46.8 Å². The van der Waals surface area contributed by atoms with Gasteiger partial charge in [0.15, 0.2) is 0 Å². The first-order valence-corrected chi connectivity index (χ1v) is 8.86. The molecule has 1 amide bonds. The molecule has 0 saturated carbocycles. The largest absolute Gasteiger partial charge is 0.349 e. The van der Waals surface area contributed by atoms with Crippen molar-refractivity contribution in [3.05, 3.63) is 16.6 Å². The van der Waals surface area contributed by atoms with Crippen LogP contribution in [-0.2, 0) is 6.54 Å². The number of aryl methyl sites for hydroxylation is 1. The van der Waals surface area contributed by atoms with Gasteiger partial charge in [-0.05, 0) is 46.9 Å². The average molecular weight is 337 g/mol. The molecule has 0 radical (unpaired) electrons. The molecule has 128 valence electrons. The topological polar surface area (TPSA) is 50.2 Å². The number of carbonyl (C=O) groups excluding carboxylic acids is 1. The van der Waals surface area contributed by atoms with Crippen molar-refractivity contribution in [1.29, 1.82) is 0 Å². The number of hydrogen-bond donors (Lipinski definition) is 1. The van der Waals surface area contributed by atoms with Crippen molar-refractivity contribution < 1.29 is 4.79 Å². The number of thiophene rings is 1. The van der Waals surface area contributed by atoms with Crippen LogP contribution < -0.4 is 5.32 Å². The van der Waals surface area contributed by atoms with E-state index in [1.165, 1.54) is 11.3 Å². The van der Waals surface area contributed by atoms with Crippen LogP contribution in [0.5, 0.6) is 0 Å².